The van der Waals surface area contributed by atoms with E-state index in [1.165, 1.54) is 0 Å². The summed E-state index contributed by atoms with van der Waals surface area (Å²) in [6.45, 7) is 1.84. The summed E-state index contributed by atoms with van der Waals surface area (Å²) in [6, 6.07) is 0. The van der Waals surface area contributed by atoms with Gasteiger partial charge in [-0.25, -0.2) is 0 Å². The first-order valence-electron chi connectivity index (χ1n) is 5.79. The predicted octanol–water partition coefficient (Wildman–Crippen LogP) is 1.65. The smallest absolute Gasteiger partial charge is 0.371 e. The molecule has 1 rings (SSSR count). The molecule has 0 saturated carbocycles. The molecule has 1 N–H and O–H groups in total. The molecule has 0 spiro atoms. The number of rotatable bonds is 7. The van der Waals surface area contributed by atoms with E-state index in [2.05, 4.69) is 15.2 Å². The highest BCUT2D eigenvalue weighted by Crippen LogP contribution is 2.14. The molecule has 0 fully saturated rings. The second-order valence-electron chi connectivity index (χ2n) is 3.97. The number of hydrogen-bond acceptors (Lipinski definition) is 3. The number of aromatic nitrogens is 2. The number of hydrogen-bond donors (Lipinski definition) is 1. The summed E-state index contributed by atoms with van der Waals surface area (Å²) in [7, 11) is 1.84. The minimum absolute atomic E-state index is 0.0429. The van der Waals surface area contributed by atoms with Gasteiger partial charge in [0.05, 0.1) is 12.3 Å². The van der Waals surface area contributed by atoms with E-state index < -0.39 is 12.8 Å². The molecule has 0 bridgehead atoms. The average molecular weight is 265 g/mol. The summed E-state index contributed by atoms with van der Waals surface area (Å²) in [4.78, 5) is 0. The van der Waals surface area contributed by atoms with E-state index >= 15 is 0 Å². The van der Waals surface area contributed by atoms with Crippen molar-refractivity contribution in [3.63, 3.8) is 0 Å². The standard InChI is InChI=1S/C11H18F3N3O/c1-3-10-9(7-17(2)16-10)6-15-4-5-18-8-11(12,13)14/h7,15H,3-6,8H2,1-2H3. The first kappa shape index (κ1) is 15.0. The minimum atomic E-state index is -4.25. The molecular weight excluding hydrogens is 247 g/mol. The van der Waals surface area contributed by atoms with Gasteiger partial charge in [0.1, 0.15) is 6.61 Å². The van der Waals surface area contributed by atoms with Gasteiger partial charge in [-0.15, -0.1) is 0 Å². The maximum absolute atomic E-state index is 11.8. The fourth-order valence-electron chi connectivity index (χ4n) is 1.58. The Kier molecular flexibility index (Phi) is 5.61. The molecule has 18 heavy (non-hydrogen) atoms. The SMILES string of the molecule is CCc1nn(C)cc1CNCCOCC(F)(F)F. The Hall–Kier alpha value is -1.08. The summed E-state index contributed by atoms with van der Waals surface area (Å²) < 4.78 is 41.5. The monoisotopic (exact) mass is 265 g/mol. The van der Waals surface area contributed by atoms with E-state index in [0.717, 1.165) is 17.7 Å². The van der Waals surface area contributed by atoms with E-state index in [9.17, 15) is 13.2 Å². The van der Waals surface area contributed by atoms with Crippen molar-refractivity contribution in [2.75, 3.05) is 19.8 Å². The molecule has 0 unspecified atom stereocenters. The van der Waals surface area contributed by atoms with Gasteiger partial charge in [-0.1, -0.05) is 6.92 Å². The number of nitrogens with zero attached hydrogens (tertiary/aromatic N) is 2. The lowest BCUT2D eigenvalue weighted by molar-refractivity contribution is -0.173. The molecule has 1 heterocycles. The lowest BCUT2D eigenvalue weighted by Gasteiger charge is -2.08. The molecule has 1 aromatic heterocycles. The van der Waals surface area contributed by atoms with Crippen LogP contribution in [0.5, 0.6) is 0 Å². The van der Waals surface area contributed by atoms with Gasteiger partial charge in [0.2, 0.25) is 0 Å². The number of ether oxygens (including phenoxy) is 1. The van der Waals surface area contributed by atoms with E-state index in [-0.39, 0.29) is 6.61 Å². The van der Waals surface area contributed by atoms with Crippen LogP contribution in [0.4, 0.5) is 13.2 Å². The fourth-order valence-corrected chi connectivity index (χ4v) is 1.58. The summed E-state index contributed by atoms with van der Waals surface area (Å²) in [6.07, 6.45) is -1.51. The van der Waals surface area contributed by atoms with Gasteiger partial charge in [0, 0.05) is 31.9 Å². The molecule has 4 nitrogen and oxygen atoms in total. The molecule has 104 valence electrons. The Bertz CT molecular complexity index is 363. The van der Waals surface area contributed by atoms with Crippen LogP contribution in [0.25, 0.3) is 0 Å². The van der Waals surface area contributed by atoms with Crippen LogP contribution in [0.1, 0.15) is 18.2 Å². The van der Waals surface area contributed by atoms with Gasteiger partial charge in [-0.05, 0) is 6.42 Å². The maximum Gasteiger partial charge on any atom is 0.411 e. The molecule has 0 atom stereocenters. The molecule has 0 radical (unpaired) electrons. The molecule has 0 amide bonds. The van der Waals surface area contributed by atoms with Gasteiger partial charge in [0.15, 0.2) is 0 Å². The molecule has 7 heteroatoms. The van der Waals surface area contributed by atoms with E-state index in [1.54, 1.807) is 4.68 Å². The third-order valence-electron chi connectivity index (χ3n) is 2.33. The number of nitrogens with one attached hydrogen (secondary N) is 1. The third-order valence-corrected chi connectivity index (χ3v) is 2.33. The maximum atomic E-state index is 11.8. The van der Waals surface area contributed by atoms with E-state index in [4.69, 9.17) is 0 Å². The van der Waals surface area contributed by atoms with Crippen LogP contribution in [-0.2, 0) is 24.8 Å². The van der Waals surface area contributed by atoms with Crippen LogP contribution in [0.3, 0.4) is 0 Å². The fraction of sp³-hybridized carbons (Fsp3) is 0.727. The summed E-state index contributed by atoms with van der Waals surface area (Å²) in [5, 5.41) is 7.30. The van der Waals surface area contributed by atoms with Crippen molar-refractivity contribution in [2.45, 2.75) is 26.1 Å². The quantitative estimate of drug-likeness (QED) is 0.762. The number of halogens is 3. The Labute approximate surface area is 104 Å². The second-order valence-corrected chi connectivity index (χ2v) is 3.97. The average Bonchev–Trinajstić information content (AvgIpc) is 2.62. The lowest BCUT2D eigenvalue weighted by Crippen LogP contribution is -2.23. The summed E-state index contributed by atoms with van der Waals surface area (Å²) >= 11 is 0. The van der Waals surface area contributed by atoms with E-state index in [0.29, 0.717) is 13.1 Å². The van der Waals surface area contributed by atoms with Crippen LogP contribution in [0, 0.1) is 0 Å². The number of aryl methyl sites for hydroxylation is 2. The Morgan fingerprint density at radius 3 is 2.78 bits per heavy atom. The van der Waals surface area contributed by atoms with Gasteiger partial charge >= 0.3 is 6.18 Å². The zero-order valence-corrected chi connectivity index (χ0v) is 10.5. The first-order chi connectivity index (χ1) is 8.42. The molecule has 0 saturated heterocycles. The largest absolute Gasteiger partial charge is 0.411 e. The van der Waals surface area contributed by atoms with Crippen LogP contribution >= 0.6 is 0 Å². The Morgan fingerprint density at radius 2 is 2.17 bits per heavy atom. The van der Waals surface area contributed by atoms with Crippen molar-refractivity contribution in [1.82, 2.24) is 15.1 Å². The van der Waals surface area contributed by atoms with Crippen LogP contribution in [0.15, 0.2) is 6.20 Å². The van der Waals surface area contributed by atoms with E-state index in [1.807, 2.05) is 20.2 Å². The molecule has 0 aromatic carbocycles. The van der Waals surface area contributed by atoms with Crippen LogP contribution < -0.4 is 5.32 Å². The van der Waals surface area contributed by atoms with Crippen molar-refractivity contribution < 1.29 is 17.9 Å². The van der Waals surface area contributed by atoms with Crippen LogP contribution in [0.2, 0.25) is 0 Å². The van der Waals surface area contributed by atoms with Gasteiger partial charge in [-0.3, -0.25) is 4.68 Å². The molecule has 0 aliphatic rings. The van der Waals surface area contributed by atoms with Crippen molar-refractivity contribution in [3.8, 4) is 0 Å². The molecule has 0 aliphatic carbocycles. The predicted molar refractivity (Wildman–Crippen MR) is 61.2 cm³/mol. The van der Waals surface area contributed by atoms with Crippen LogP contribution in [-0.4, -0.2) is 35.7 Å². The Balaban J connectivity index is 2.18. The lowest BCUT2D eigenvalue weighted by atomic mass is 10.2. The summed E-state index contributed by atoms with van der Waals surface area (Å²) in [5.41, 5.74) is 2.07. The van der Waals surface area contributed by atoms with Crippen molar-refractivity contribution in [1.29, 1.82) is 0 Å². The molecular formula is C11H18F3N3O. The molecule has 0 aliphatic heterocycles. The Morgan fingerprint density at radius 1 is 1.44 bits per heavy atom. The highest BCUT2D eigenvalue weighted by molar-refractivity contribution is 5.16. The third kappa shape index (κ3) is 5.50. The minimum Gasteiger partial charge on any atom is -0.371 e. The van der Waals surface area contributed by atoms with Gasteiger partial charge in [-0.2, -0.15) is 18.3 Å². The zero-order valence-electron chi connectivity index (χ0n) is 10.5. The summed E-state index contributed by atoms with van der Waals surface area (Å²) in [5.74, 6) is 0. The van der Waals surface area contributed by atoms with Gasteiger partial charge < -0.3 is 10.1 Å². The first-order valence-corrected chi connectivity index (χ1v) is 5.79. The second kappa shape index (κ2) is 6.75. The highest BCUT2D eigenvalue weighted by Gasteiger charge is 2.27. The number of alkyl halides is 3. The zero-order chi connectivity index (χ0) is 13.6. The topological polar surface area (TPSA) is 39.1 Å². The highest BCUT2D eigenvalue weighted by atomic mass is 19.4. The normalized spacial score (nSPS) is 12.1. The van der Waals surface area contributed by atoms with Crippen molar-refractivity contribution >= 4 is 0 Å². The molecule has 1 aromatic rings. The van der Waals surface area contributed by atoms with Crippen molar-refractivity contribution in [3.05, 3.63) is 17.5 Å². The van der Waals surface area contributed by atoms with Gasteiger partial charge in [0.25, 0.3) is 0 Å². The van der Waals surface area contributed by atoms with Crippen molar-refractivity contribution in [2.24, 2.45) is 7.05 Å².